The van der Waals surface area contributed by atoms with Gasteiger partial charge in [0.1, 0.15) is 18.0 Å². The lowest BCUT2D eigenvalue weighted by molar-refractivity contribution is 0.118. The molecule has 1 aliphatic rings. The maximum Gasteiger partial charge on any atom is 0.134 e. The van der Waals surface area contributed by atoms with Crippen LogP contribution in [0.3, 0.4) is 0 Å². The van der Waals surface area contributed by atoms with Crippen molar-refractivity contribution in [3.63, 3.8) is 0 Å². The van der Waals surface area contributed by atoms with Crippen LogP contribution < -0.4 is 15.5 Å². The van der Waals surface area contributed by atoms with Crippen LogP contribution in [-0.2, 0) is 4.74 Å². The Hall–Kier alpha value is -1.40. The third-order valence-electron chi connectivity index (χ3n) is 3.37. The summed E-state index contributed by atoms with van der Waals surface area (Å²) in [5.74, 6) is 1.82. The predicted molar refractivity (Wildman–Crippen MR) is 72.0 cm³/mol. The van der Waals surface area contributed by atoms with E-state index in [1.165, 1.54) is 0 Å². The van der Waals surface area contributed by atoms with Gasteiger partial charge in [-0.3, -0.25) is 0 Å². The van der Waals surface area contributed by atoms with Crippen LogP contribution in [0.15, 0.2) is 12.4 Å². The number of methoxy groups -OCH3 is 1. The summed E-state index contributed by atoms with van der Waals surface area (Å²) in [6, 6.07) is 2.28. The second-order valence-electron chi connectivity index (χ2n) is 4.76. The molecule has 1 aromatic heterocycles. The minimum atomic E-state index is 0.233. The Labute approximate surface area is 108 Å². The molecule has 0 aliphatic carbocycles. The van der Waals surface area contributed by atoms with Gasteiger partial charge in [-0.05, 0) is 6.42 Å². The zero-order valence-electron chi connectivity index (χ0n) is 11.2. The van der Waals surface area contributed by atoms with Gasteiger partial charge in [0.25, 0.3) is 0 Å². The molecule has 2 atom stereocenters. The first-order valence-corrected chi connectivity index (χ1v) is 6.14. The highest BCUT2D eigenvalue weighted by molar-refractivity contribution is 5.50. The normalized spacial score (nSPS) is 23.4. The molecule has 2 N–H and O–H groups in total. The molecule has 18 heavy (non-hydrogen) atoms. The van der Waals surface area contributed by atoms with Gasteiger partial charge in [0.2, 0.25) is 0 Å². The fourth-order valence-corrected chi connectivity index (χ4v) is 2.29. The minimum Gasteiger partial charge on any atom is -0.380 e. The standard InChI is InChI=1S/C12H21N5O/c1-16(2)11-5-12(15-8-14-11)17-7-10(18-3)4-9(17)6-13/h5,8-10H,4,6-7,13H2,1-3H3/t9-,10-/m1/s1. The Kier molecular flexibility index (Phi) is 3.98. The molecule has 0 radical (unpaired) electrons. The highest BCUT2D eigenvalue weighted by Gasteiger charge is 2.32. The molecular weight excluding hydrogens is 230 g/mol. The van der Waals surface area contributed by atoms with Crippen molar-refractivity contribution in [2.75, 3.05) is 44.1 Å². The number of hydrogen-bond acceptors (Lipinski definition) is 6. The monoisotopic (exact) mass is 251 g/mol. The molecular formula is C12H21N5O. The lowest BCUT2D eigenvalue weighted by Gasteiger charge is -2.25. The van der Waals surface area contributed by atoms with Crippen molar-refractivity contribution in [1.29, 1.82) is 0 Å². The lowest BCUT2D eigenvalue weighted by Crippen LogP contribution is -2.36. The first-order chi connectivity index (χ1) is 8.65. The number of aromatic nitrogens is 2. The van der Waals surface area contributed by atoms with Gasteiger partial charge in [-0.15, -0.1) is 0 Å². The summed E-state index contributed by atoms with van der Waals surface area (Å²) in [5, 5.41) is 0. The largest absolute Gasteiger partial charge is 0.380 e. The Balaban J connectivity index is 2.22. The number of nitrogens with two attached hydrogens (primary N) is 1. The number of anilines is 2. The smallest absolute Gasteiger partial charge is 0.134 e. The molecule has 1 saturated heterocycles. The molecule has 1 aromatic rings. The summed E-state index contributed by atoms with van der Waals surface area (Å²) in [4.78, 5) is 12.7. The molecule has 2 rings (SSSR count). The van der Waals surface area contributed by atoms with Crippen molar-refractivity contribution >= 4 is 11.6 Å². The molecule has 0 saturated carbocycles. The van der Waals surface area contributed by atoms with Crippen molar-refractivity contribution in [2.24, 2.45) is 5.73 Å². The van der Waals surface area contributed by atoms with Crippen molar-refractivity contribution in [3.8, 4) is 0 Å². The van der Waals surface area contributed by atoms with E-state index in [4.69, 9.17) is 10.5 Å². The van der Waals surface area contributed by atoms with E-state index in [1.54, 1.807) is 13.4 Å². The predicted octanol–water partition coefficient (Wildman–Crippen LogP) is 0.0950. The maximum atomic E-state index is 5.83. The summed E-state index contributed by atoms with van der Waals surface area (Å²) in [6.07, 6.45) is 2.78. The maximum absolute atomic E-state index is 5.83. The Morgan fingerprint density at radius 3 is 2.89 bits per heavy atom. The fraction of sp³-hybridized carbons (Fsp3) is 0.667. The van der Waals surface area contributed by atoms with Crippen LogP contribution in [0.1, 0.15) is 6.42 Å². The quantitative estimate of drug-likeness (QED) is 0.818. The van der Waals surface area contributed by atoms with Gasteiger partial charge in [0, 0.05) is 46.4 Å². The van der Waals surface area contributed by atoms with E-state index < -0.39 is 0 Å². The zero-order chi connectivity index (χ0) is 13.1. The molecule has 2 heterocycles. The van der Waals surface area contributed by atoms with Gasteiger partial charge in [0.15, 0.2) is 0 Å². The fourth-order valence-electron chi connectivity index (χ4n) is 2.29. The van der Waals surface area contributed by atoms with Crippen LogP contribution in [-0.4, -0.2) is 56.4 Å². The van der Waals surface area contributed by atoms with E-state index in [0.717, 1.165) is 24.6 Å². The van der Waals surface area contributed by atoms with Crippen LogP contribution in [0, 0.1) is 0 Å². The average Bonchev–Trinajstić information content (AvgIpc) is 2.82. The molecule has 100 valence electrons. The van der Waals surface area contributed by atoms with Crippen LogP contribution >= 0.6 is 0 Å². The minimum absolute atomic E-state index is 0.233. The van der Waals surface area contributed by atoms with E-state index in [-0.39, 0.29) is 6.10 Å². The molecule has 1 aliphatic heterocycles. The second-order valence-corrected chi connectivity index (χ2v) is 4.76. The summed E-state index contributed by atoms with van der Waals surface area (Å²) < 4.78 is 5.42. The Bertz CT molecular complexity index is 398. The second kappa shape index (κ2) is 5.49. The highest BCUT2D eigenvalue weighted by atomic mass is 16.5. The summed E-state index contributed by atoms with van der Waals surface area (Å²) in [6.45, 7) is 1.45. The third kappa shape index (κ3) is 2.54. The molecule has 0 unspecified atom stereocenters. The van der Waals surface area contributed by atoms with E-state index in [2.05, 4.69) is 14.9 Å². The van der Waals surface area contributed by atoms with Crippen LogP contribution in [0.2, 0.25) is 0 Å². The van der Waals surface area contributed by atoms with Gasteiger partial charge >= 0.3 is 0 Å². The number of rotatable bonds is 4. The molecule has 0 aromatic carbocycles. The molecule has 6 nitrogen and oxygen atoms in total. The molecule has 1 fully saturated rings. The van der Waals surface area contributed by atoms with Crippen LogP contribution in [0.25, 0.3) is 0 Å². The molecule has 0 bridgehead atoms. The number of hydrogen-bond donors (Lipinski definition) is 1. The first kappa shape index (κ1) is 13.0. The van der Waals surface area contributed by atoms with Gasteiger partial charge in [-0.2, -0.15) is 0 Å². The first-order valence-electron chi connectivity index (χ1n) is 6.14. The number of nitrogens with zero attached hydrogens (tertiary/aromatic N) is 4. The van der Waals surface area contributed by atoms with E-state index in [9.17, 15) is 0 Å². The molecule has 6 heteroatoms. The zero-order valence-corrected chi connectivity index (χ0v) is 11.2. The van der Waals surface area contributed by atoms with Gasteiger partial charge in [-0.25, -0.2) is 9.97 Å². The van der Waals surface area contributed by atoms with Crippen molar-refractivity contribution in [3.05, 3.63) is 12.4 Å². The van der Waals surface area contributed by atoms with Crippen LogP contribution in [0.5, 0.6) is 0 Å². The number of ether oxygens (including phenoxy) is 1. The SMILES string of the molecule is CO[C@@H]1C[C@H](CN)N(c2cc(N(C)C)ncn2)C1. The van der Waals surface area contributed by atoms with Gasteiger partial charge in [-0.1, -0.05) is 0 Å². The van der Waals surface area contributed by atoms with Crippen LogP contribution in [0.4, 0.5) is 11.6 Å². The van der Waals surface area contributed by atoms with Crippen molar-refractivity contribution in [2.45, 2.75) is 18.6 Å². The Morgan fingerprint density at radius 2 is 2.28 bits per heavy atom. The highest BCUT2D eigenvalue weighted by Crippen LogP contribution is 2.26. The summed E-state index contributed by atoms with van der Waals surface area (Å²) in [5.41, 5.74) is 5.83. The summed E-state index contributed by atoms with van der Waals surface area (Å²) in [7, 11) is 5.68. The average molecular weight is 251 g/mol. The van der Waals surface area contributed by atoms with E-state index in [0.29, 0.717) is 12.6 Å². The Morgan fingerprint density at radius 1 is 1.50 bits per heavy atom. The van der Waals surface area contributed by atoms with E-state index >= 15 is 0 Å². The van der Waals surface area contributed by atoms with E-state index in [1.807, 2.05) is 25.1 Å². The van der Waals surface area contributed by atoms with Crippen molar-refractivity contribution < 1.29 is 4.74 Å². The topological polar surface area (TPSA) is 67.5 Å². The van der Waals surface area contributed by atoms with Crippen molar-refractivity contribution in [1.82, 2.24) is 9.97 Å². The lowest BCUT2D eigenvalue weighted by atomic mass is 10.2. The molecule has 0 spiro atoms. The summed E-state index contributed by atoms with van der Waals surface area (Å²) >= 11 is 0. The van der Waals surface area contributed by atoms with Gasteiger partial charge in [0.05, 0.1) is 6.10 Å². The molecule has 0 amide bonds. The third-order valence-corrected chi connectivity index (χ3v) is 3.37. The van der Waals surface area contributed by atoms with Gasteiger partial charge < -0.3 is 20.3 Å².